The van der Waals surface area contributed by atoms with Crippen molar-refractivity contribution in [3.05, 3.63) is 53.8 Å². The largest absolute Gasteiger partial charge is 0.508 e. The average molecular weight is 369 g/mol. The number of aliphatic hydroxyl groups is 3. The van der Waals surface area contributed by atoms with Gasteiger partial charge in [-0.1, -0.05) is 12.1 Å². The second-order valence-corrected chi connectivity index (χ2v) is 7.07. The molecule has 0 saturated carbocycles. The van der Waals surface area contributed by atoms with Crippen molar-refractivity contribution in [2.24, 2.45) is 10.7 Å². The van der Waals surface area contributed by atoms with E-state index < -0.39 is 19.5 Å². The number of allylic oxidation sites excluding steroid dienone is 2. The van der Waals surface area contributed by atoms with Gasteiger partial charge in [0.2, 0.25) is 0 Å². The fraction of sp³-hybridized carbons (Fsp3) is 0.312. The van der Waals surface area contributed by atoms with E-state index >= 15 is 0 Å². The van der Waals surface area contributed by atoms with Crippen molar-refractivity contribution in [1.29, 1.82) is 0 Å². The summed E-state index contributed by atoms with van der Waals surface area (Å²) in [5, 5.41) is 39.5. The summed E-state index contributed by atoms with van der Waals surface area (Å²) in [7, 11) is -4.76. The molecule has 0 heterocycles. The number of hydrogen-bond donors (Lipinski definition) is 6. The molecule has 0 aromatic heterocycles. The van der Waals surface area contributed by atoms with Crippen LogP contribution in [0.3, 0.4) is 0 Å². The van der Waals surface area contributed by atoms with Gasteiger partial charge in [0.25, 0.3) is 0 Å². The molecule has 8 nitrogen and oxygen atoms in total. The normalized spacial score (nSPS) is 19.9. The number of phenols is 1. The van der Waals surface area contributed by atoms with Crippen molar-refractivity contribution in [2.75, 3.05) is 0 Å². The molecule has 0 fully saturated rings. The van der Waals surface area contributed by atoms with E-state index in [1.165, 1.54) is 12.1 Å². The van der Waals surface area contributed by atoms with Crippen molar-refractivity contribution < 1.29 is 34.8 Å². The van der Waals surface area contributed by atoms with Gasteiger partial charge in [0.15, 0.2) is 5.79 Å². The molecule has 0 radical (unpaired) electrons. The topological polar surface area (TPSA) is 151 Å². The molecule has 1 aromatic rings. The zero-order chi connectivity index (χ0) is 18.7. The van der Waals surface area contributed by atoms with Gasteiger partial charge in [-0.3, -0.25) is 0 Å². The summed E-state index contributed by atoms with van der Waals surface area (Å²) in [5.74, 6) is -3.73. The maximum atomic E-state index is 11.1. The molecule has 0 saturated heterocycles. The number of hydrogen-bond acceptors (Lipinski definition) is 5. The Labute approximate surface area is 144 Å². The molecule has 0 amide bonds. The summed E-state index contributed by atoms with van der Waals surface area (Å²) in [4.78, 5) is 18.0. The minimum Gasteiger partial charge on any atom is -0.508 e. The van der Waals surface area contributed by atoms with Crippen LogP contribution in [0.15, 0.2) is 53.0 Å². The van der Waals surface area contributed by atoms with Crippen LogP contribution in [0.1, 0.15) is 18.4 Å². The highest BCUT2D eigenvalue weighted by Gasteiger charge is 2.38. The van der Waals surface area contributed by atoms with Crippen LogP contribution in [0, 0.1) is 5.92 Å². The first-order valence-electron chi connectivity index (χ1n) is 7.54. The average Bonchev–Trinajstić information content (AvgIpc) is 2.49. The van der Waals surface area contributed by atoms with Gasteiger partial charge >= 0.3 is 7.75 Å². The van der Waals surface area contributed by atoms with Gasteiger partial charge in [-0.25, -0.2) is 4.57 Å². The molecule has 1 unspecified atom stereocenters. The molecule has 0 aliphatic heterocycles. The smallest absolute Gasteiger partial charge is 0.448 e. The molecule has 1 aromatic carbocycles. The van der Waals surface area contributed by atoms with Crippen molar-refractivity contribution in [1.82, 2.24) is 0 Å². The predicted molar refractivity (Wildman–Crippen MR) is 91.0 cm³/mol. The number of benzene rings is 1. The zero-order valence-corrected chi connectivity index (χ0v) is 14.1. The molecule has 0 bridgehead atoms. The molecule has 0 spiro atoms. The van der Waals surface area contributed by atoms with Crippen molar-refractivity contribution in [3.63, 3.8) is 0 Å². The summed E-state index contributed by atoms with van der Waals surface area (Å²) in [6, 6.07) is 6.47. The SMILES string of the molecule is O=P(O)(O)/N=C1\C=CC(O)=CC1C(O)(O)CCCc1ccc(O)cc1. The van der Waals surface area contributed by atoms with Crippen LogP contribution >= 0.6 is 7.75 Å². The van der Waals surface area contributed by atoms with Gasteiger partial charge in [-0.05, 0) is 48.8 Å². The lowest BCUT2D eigenvalue weighted by atomic mass is 9.86. The Morgan fingerprint density at radius 2 is 1.72 bits per heavy atom. The predicted octanol–water partition coefficient (Wildman–Crippen LogP) is 1.56. The van der Waals surface area contributed by atoms with E-state index in [0.29, 0.717) is 12.8 Å². The number of phenolic OH excluding ortho intramolecular Hbond substituents is 1. The molecular weight excluding hydrogens is 349 g/mol. The van der Waals surface area contributed by atoms with Gasteiger partial charge < -0.3 is 30.2 Å². The lowest BCUT2D eigenvalue weighted by Crippen LogP contribution is -2.42. The maximum absolute atomic E-state index is 11.1. The van der Waals surface area contributed by atoms with E-state index in [0.717, 1.165) is 23.8 Å². The van der Waals surface area contributed by atoms with Crippen LogP contribution < -0.4 is 0 Å². The van der Waals surface area contributed by atoms with Crippen LogP contribution in [0.25, 0.3) is 0 Å². The summed E-state index contributed by atoms with van der Waals surface area (Å²) in [6.07, 6.45) is 4.14. The molecule has 6 N–H and O–H groups in total. The second kappa shape index (κ2) is 7.51. The first-order chi connectivity index (χ1) is 11.6. The summed E-state index contributed by atoms with van der Waals surface area (Å²) in [6.45, 7) is 0. The Kier molecular flexibility index (Phi) is 5.82. The first kappa shape index (κ1) is 19.4. The van der Waals surface area contributed by atoms with Gasteiger partial charge in [0.05, 0.1) is 11.6 Å². The third-order valence-corrected chi connectivity index (χ3v) is 4.26. The third kappa shape index (κ3) is 5.81. The number of aromatic hydroxyl groups is 1. The van der Waals surface area contributed by atoms with E-state index in [4.69, 9.17) is 9.79 Å². The van der Waals surface area contributed by atoms with Crippen LogP contribution in [-0.4, -0.2) is 41.7 Å². The summed E-state index contributed by atoms with van der Waals surface area (Å²) >= 11 is 0. The van der Waals surface area contributed by atoms with Gasteiger partial charge in [-0.2, -0.15) is 4.76 Å². The molecule has 1 atom stereocenters. The van der Waals surface area contributed by atoms with Crippen LogP contribution in [0.2, 0.25) is 0 Å². The quantitative estimate of drug-likeness (QED) is 0.329. The molecule has 25 heavy (non-hydrogen) atoms. The second-order valence-electron chi connectivity index (χ2n) is 5.84. The first-order valence-corrected chi connectivity index (χ1v) is 9.10. The molecule has 136 valence electrons. The Morgan fingerprint density at radius 3 is 2.32 bits per heavy atom. The number of aryl methyl sites for hydroxylation is 1. The lowest BCUT2D eigenvalue weighted by molar-refractivity contribution is -0.179. The maximum Gasteiger partial charge on any atom is 0.448 e. The highest BCUT2D eigenvalue weighted by molar-refractivity contribution is 7.50. The monoisotopic (exact) mass is 369 g/mol. The summed E-state index contributed by atoms with van der Waals surface area (Å²) < 4.78 is 14.3. The van der Waals surface area contributed by atoms with Gasteiger partial charge in [0, 0.05) is 6.42 Å². The van der Waals surface area contributed by atoms with E-state index in [1.807, 2.05) is 0 Å². The zero-order valence-electron chi connectivity index (χ0n) is 13.2. The van der Waals surface area contributed by atoms with E-state index in [9.17, 15) is 25.0 Å². The number of aliphatic hydroxyl groups excluding tert-OH is 1. The standard InChI is InChI=1S/C16H20NO7P/c18-12-5-3-11(4-6-12)2-1-9-16(20,21)14-10-13(19)7-8-15(14)17-25(22,23)24/h3-8,10,14,18-21H,1-2,9H2,(H2,22,23,24)/b17-15+. The third-order valence-electron chi connectivity index (χ3n) is 3.77. The molecule has 9 heteroatoms. The lowest BCUT2D eigenvalue weighted by Gasteiger charge is -2.31. The Balaban J connectivity index is 2.09. The van der Waals surface area contributed by atoms with Crippen LogP contribution in [-0.2, 0) is 11.0 Å². The number of nitrogens with zero attached hydrogens (tertiary/aromatic N) is 1. The van der Waals surface area contributed by atoms with E-state index in [2.05, 4.69) is 4.76 Å². The molecule has 2 rings (SSSR count). The van der Waals surface area contributed by atoms with Crippen molar-refractivity contribution in [2.45, 2.75) is 25.0 Å². The van der Waals surface area contributed by atoms with Gasteiger partial charge in [-0.15, -0.1) is 0 Å². The van der Waals surface area contributed by atoms with Crippen molar-refractivity contribution in [3.8, 4) is 5.75 Å². The fourth-order valence-electron chi connectivity index (χ4n) is 2.57. The summed E-state index contributed by atoms with van der Waals surface area (Å²) in [5.41, 5.74) is 0.667. The molecule has 1 aliphatic carbocycles. The van der Waals surface area contributed by atoms with E-state index in [-0.39, 0.29) is 23.6 Å². The Morgan fingerprint density at radius 1 is 1.08 bits per heavy atom. The van der Waals surface area contributed by atoms with Crippen LogP contribution in [0.5, 0.6) is 5.75 Å². The Hall–Kier alpha value is -1.96. The number of rotatable bonds is 6. The van der Waals surface area contributed by atoms with E-state index in [1.54, 1.807) is 12.1 Å². The minimum absolute atomic E-state index is 0.115. The Bertz CT molecular complexity index is 746. The highest BCUT2D eigenvalue weighted by atomic mass is 31.2. The molecular formula is C16H20NO7P. The highest BCUT2D eigenvalue weighted by Crippen LogP contribution is 2.39. The van der Waals surface area contributed by atoms with Gasteiger partial charge in [0.1, 0.15) is 11.5 Å². The van der Waals surface area contributed by atoms with Crippen molar-refractivity contribution >= 4 is 13.5 Å². The fourth-order valence-corrected chi connectivity index (χ4v) is 3.07. The minimum atomic E-state index is -4.76. The van der Waals surface area contributed by atoms with Crippen LogP contribution in [0.4, 0.5) is 0 Å². The molecule has 1 aliphatic rings.